The first-order chi connectivity index (χ1) is 7.86. The van der Waals surface area contributed by atoms with Crippen molar-refractivity contribution in [3.63, 3.8) is 0 Å². The minimum Gasteiger partial charge on any atom is -0.491 e. The molecule has 0 saturated heterocycles. The van der Waals surface area contributed by atoms with Crippen LogP contribution in [-0.2, 0) is 0 Å². The van der Waals surface area contributed by atoms with Crippen molar-refractivity contribution in [1.82, 2.24) is 5.32 Å². The second-order valence-corrected chi connectivity index (χ2v) is 4.21. The van der Waals surface area contributed by atoms with Crippen molar-refractivity contribution in [3.8, 4) is 5.75 Å². The average molecular weight is 223 g/mol. The van der Waals surface area contributed by atoms with E-state index in [0.717, 1.165) is 25.4 Å². The molecular formula is C13H18FNO. The van der Waals surface area contributed by atoms with E-state index >= 15 is 0 Å². The summed E-state index contributed by atoms with van der Waals surface area (Å²) in [4.78, 5) is 0. The lowest BCUT2D eigenvalue weighted by molar-refractivity contribution is 0.291. The molecule has 0 radical (unpaired) electrons. The molecule has 1 aromatic rings. The standard InChI is InChI=1S/C13H18FNO/c14-12-5-1-2-6-13(12)16-10-4-3-9-15-11-7-8-11/h1-2,5-6,11,15H,3-4,7-10H2. The molecule has 1 N–H and O–H groups in total. The minimum absolute atomic E-state index is 0.279. The Balaban J connectivity index is 1.55. The number of ether oxygens (including phenoxy) is 1. The fourth-order valence-corrected chi connectivity index (χ4v) is 1.56. The van der Waals surface area contributed by atoms with E-state index in [-0.39, 0.29) is 5.82 Å². The summed E-state index contributed by atoms with van der Waals surface area (Å²) in [6.45, 7) is 1.64. The summed E-state index contributed by atoms with van der Waals surface area (Å²) in [5.41, 5.74) is 0. The highest BCUT2D eigenvalue weighted by atomic mass is 19.1. The molecule has 0 unspecified atom stereocenters. The van der Waals surface area contributed by atoms with Crippen LogP contribution in [0.3, 0.4) is 0 Å². The van der Waals surface area contributed by atoms with Gasteiger partial charge in [0, 0.05) is 6.04 Å². The molecule has 0 aromatic heterocycles. The molecule has 88 valence electrons. The van der Waals surface area contributed by atoms with Gasteiger partial charge >= 0.3 is 0 Å². The molecule has 0 amide bonds. The lowest BCUT2D eigenvalue weighted by Gasteiger charge is -2.07. The monoisotopic (exact) mass is 223 g/mol. The Bertz CT molecular complexity index is 325. The third-order valence-electron chi connectivity index (χ3n) is 2.68. The van der Waals surface area contributed by atoms with E-state index in [1.54, 1.807) is 18.2 Å². The van der Waals surface area contributed by atoms with Gasteiger partial charge in [-0.25, -0.2) is 4.39 Å². The zero-order chi connectivity index (χ0) is 11.2. The number of nitrogens with one attached hydrogen (secondary N) is 1. The summed E-state index contributed by atoms with van der Waals surface area (Å²) in [6.07, 6.45) is 4.70. The van der Waals surface area contributed by atoms with E-state index < -0.39 is 0 Å². The van der Waals surface area contributed by atoms with Crippen LogP contribution in [-0.4, -0.2) is 19.2 Å². The second kappa shape index (κ2) is 5.85. The molecule has 2 nitrogen and oxygen atoms in total. The molecule has 0 heterocycles. The predicted molar refractivity (Wildman–Crippen MR) is 62.2 cm³/mol. The Labute approximate surface area is 95.8 Å². The molecule has 0 aliphatic heterocycles. The van der Waals surface area contributed by atoms with Gasteiger partial charge in [-0.3, -0.25) is 0 Å². The van der Waals surface area contributed by atoms with Crippen LogP contribution in [0.25, 0.3) is 0 Å². The van der Waals surface area contributed by atoms with E-state index in [4.69, 9.17) is 4.74 Å². The van der Waals surface area contributed by atoms with Crippen molar-refractivity contribution in [3.05, 3.63) is 30.1 Å². The van der Waals surface area contributed by atoms with E-state index in [1.807, 2.05) is 0 Å². The van der Waals surface area contributed by atoms with Gasteiger partial charge in [-0.2, -0.15) is 0 Å². The Morgan fingerprint density at radius 1 is 1.25 bits per heavy atom. The highest BCUT2D eigenvalue weighted by Gasteiger charge is 2.19. The molecule has 1 saturated carbocycles. The number of halogens is 1. The highest BCUT2D eigenvalue weighted by molar-refractivity contribution is 5.23. The highest BCUT2D eigenvalue weighted by Crippen LogP contribution is 2.18. The summed E-state index contributed by atoms with van der Waals surface area (Å²) in [6, 6.07) is 7.31. The Morgan fingerprint density at radius 2 is 2.06 bits per heavy atom. The van der Waals surface area contributed by atoms with E-state index in [9.17, 15) is 4.39 Å². The predicted octanol–water partition coefficient (Wildman–Crippen LogP) is 2.74. The van der Waals surface area contributed by atoms with Gasteiger partial charge in [-0.1, -0.05) is 12.1 Å². The minimum atomic E-state index is -0.279. The van der Waals surface area contributed by atoms with E-state index in [0.29, 0.717) is 12.4 Å². The normalized spacial score (nSPS) is 15.1. The number of unbranched alkanes of at least 4 members (excludes halogenated alkanes) is 1. The first-order valence-corrected chi connectivity index (χ1v) is 5.97. The first kappa shape index (κ1) is 11.4. The molecular weight excluding hydrogens is 205 g/mol. The van der Waals surface area contributed by atoms with Crippen molar-refractivity contribution in [2.24, 2.45) is 0 Å². The third-order valence-corrected chi connectivity index (χ3v) is 2.68. The molecule has 2 rings (SSSR count). The molecule has 0 bridgehead atoms. The van der Waals surface area contributed by atoms with Gasteiger partial charge in [0.1, 0.15) is 0 Å². The quantitative estimate of drug-likeness (QED) is 0.718. The lowest BCUT2D eigenvalue weighted by atomic mass is 10.3. The van der Waals surface area contributed by atoms with E-state index in [1.165, 1.54) is 18.9 Å². The third kappa shape index (κ3) is 3.81. The number of hydrogen-bond donors (Lipinski definition) is 1. The SMILES string of the molecule is Fc1ccccc1OCCCCNC1CC1. The first-order valence-electron chi connectivity index (χ1n) is 5.97. The van der Waals surface area contributed by atoms with Crippen molar-refractivity contribution >= 4 is 0 Å². The van der Waals surface area contributed by atoms with Crippen LogP contribution in [0, 0.1) is 5.82 Å². The van der Waals surface area contributed by atoms with Crippen LogP contribution in [0.2, 0.25) is 0 Å². The Kier molecular flexibility index (Phi) is 4.17. The van der Waals surface area contributed by atoms with Gasteiger partial charge < -0.3 is 10.1 Å². The van der Waals surface area contributed by atoms with Gasteiger partial charge in [0.15, 0.2) is 11.6 Å². The molecule has 0 atom stereocenters. The van der Waals surface area contributed by atoms with Gasteiger partial charge in [-0.05, 0) is 44.4 Å². The number of benzene rings is 1. The second-order valence-electron chi connectivity index (χ2n) is 4.21. The molecule has 0 spiro atoms. The Morgan fingerprint density at radius 3 is 2.81 bits per heavy atom. The van der Waals surface area contributed by atoms with Crippen LogP contribution in [0.1, 0.15) is 25.7 Å². The summed E-state index contributed by atoms with van der Waals surface area (Å²) in [7, 11) is 0. The average Bonchev–Trinajstić information content (AvgIpc) is 3.09. The smallest absolute Gasteiger partial charge is 0.165 e. The molecule has 1 fully saturated rings. The van der Waals surface area contributed by atoms with Crippen LogP contribution >= 0.6 is 0 Å². The maximum absolute atomic E-state index is 13.1. The van der Waals surface area contributed by atoms with Crippen molar-refractivity contribution in [2.75, 3.05) is 13.2 Å². The molecule has 3 heteroatoms. The van der Waals surface area contributed by atoms with Gasteiger partial charge in [0.05, 0.1) is 6.61 Å². The van der Waals surface area contributed by atoms with Crippen LogP contribution in [0.4, 0.5) is 4.39 Å². The fourth-order valence-electron chi connectivity index (χ4n) is 1.56. The summed E-state index contributed by atoms with van der Waals surface area (Å²) in [5.74, 6) is 0.0799. The molecule has 1 aliphatic rings. The number of hydrogen-bond acceptors (Lipinski definition) is 2. The zero-order valence-electron chi connectivity index (χ0n) is 9.42. The van der Waals surface area contributed by atoms with Crippen LogP contribution in [0.5, 0.6) is 5.75 Å². The molecule has 16 heavy (non-hydrogen) atoms. The van der Waals surface area contributed by atoms with Crippen LogP contribution in [0.15, 0.2) is 24.3 Å². The van der Waals surface area contributed by atoms with Gasteiger partial charge in [0.25, 0.3) is 0 Å². The van der Waals surface area contributed by atoms with Crippen molar-refractivity contribution < 1.29 is 9.13 Å². The summed E-state index contributed by atoms with van der Waals surface area (Å²) < 4.78 is 18.5. The zero-order valence-corrected chi connectivity index (χ0v) is 9.42. The number of rotatable bonds is 7. The maximum Gasteiger partial charge on any atom is 0.165 e. The van der Waals surface area contributed by atoms with Gasteiger partial charge in [0.2, 0.25) is 0 Å². The number of para-hydroxylation sites is 1. The topological polar surface area (TPSA) is 21.3 Å². The fraction of sp³-hybridized carbons (Fsp3) is 0.538. The summed E-state index contributed by atoms with van der Waals surface area (Å²) in [5, 5.41) is 3.44. The lowest BCUT2D eigenvalue weighted by Crippen LogP contribution is -2.17. The molecule has 1 aliphatic carbocycles. The van der Waals surface area contributed by atoms with E-state index in [2.05, 4.69) is 5.32 Å². The van der Waals surface area contributed by atoms with Gasteiger partial charge in [-0.15, -0.1) is 0 Å². The Hall–Kier alpha value is -1.09. The van der Waals surface area contributed by atoms with Crippen molar-refractivity contribution in [1.29, 1.82) is 0 Å². The molecule has 1 aromatic carbocycles. The summed E-state index contributed by atoms with van der Waals surface area (Å²) >= 11 is 0. The largest absolute Gasteiger partial charge is 0.491 e. The maximum atomic E-state index is 13.1. The van der Waals surface area contributed by atoms with Crippen LogP contribution < -0.4 is 10.1 Å². The van der Waals surface area contributed by atoms with Crippen molar-refractivity contribution in [2.45, 2.75) is 31.7 Å².